The second kappa shape index (κ2) is 8.64. The first-order valence-corrected chi connectivity index (χ1v) is 12.3. The lowest BCUT2D eigenvalue weighted by molar-refractivity contribution is -0.130. The zero-order valence-electron chi connectivity index (χ0n) is 20.2. The normalized spacial score (nSPS) is 21.5. The van der Waals surface area contributed by atoms with Crippen molar-refractivity contribution in [3.63, 3.8) is 0 Å². The smallest absolute Gasteiger partial charge is 0.340 e. The molecule has 5 rings (SSSR count). The molecule has 176 valence electrons. The summed E-state index contributed by atoms with van der Waals surface area (Å²) in [5, 5.41) is 1.89. The van der Waals surface area contributed by atoms with Crippen molar-refractivity contribution in [3.8, 4) is 0 Å². The maximum absolute atomic E-state index is 13.2. The number of piperidine rings is 2. The molecule has 2 aliphatic rings. The van der Waals surface area contributed by atoms with E-state index in [0.717, 1.165) is 39.6 Å². The third-order valence-electron chi connectivity index (χ3n) is 8.03. The van der Waals surface area contributed by atoms with E-state index in [4.69, 9.17) is 8.83 Å². The van der Waals surface area contributed by atoms with E-state index in [1.54, 1.807) is 6.26 Å². The van der Waals surface area contributed by atoms with Crippen molar-refractivity contribution >= 4 is 27.8 Å². The summed E-state index contributed by atoms with van der Waals surface area (Å²) in [7, 11) is 1.88. The van der Waals surface area contributed by atoms with E-state index in [1.165, 1.54) is 45.2 Å². The average molecular weight is 451 g/mol. The van der Waals surface area contributed by atoms with Gasteiger partial charge in [0.1, 0.15) is 11.2 Å². The van der Waals surface area contributed by atoms with Crippen LogP contribution in [0.3, 0.4) is 0 Å². The third-order valence-corrected chi connectivity index (χ3v) is 8.03. The summed E-state index contributed by atoms with van der Waals surface area (Å²) in [6, 6.07) is 2.62. The maximum Gasteiger partial charge on any atom is 0.340 e. The van der Waals surface area contributed by atoms with Gasteiger partial charge in [-0.3, -0.25) is 4.79 Å². The molecule has 2 aromatic heterocycles. The molecule has 0 bridgehead atoms. The molecule has 0 radical (unpaired) electrons. The highest BCUT2D eigenvalue weighted by Gasteiger charge is 2.34. The average Bonchev–Trinajstić information content (AvgIpc) is 3.18. The maximum atomic E-state index is 13.2. The molecule has 33 heavy (non-hydrogen) atoms. The molecule has 2 unspecified atom stereocenters. The van der Waals surface area contributed by atoms with Crippen LogP contribution in [0.25, 0.3) is 21.9 Å². The highest BCUT2D eigenvalue weighted by molar-refractivity contribution is 6.00. The fourth-order valence-corrected chi connectivity index (χ4v) is 6.05. The van der Waals surface area contributed by atoms with Crippen molar-refractivity contribution in [1.29, 1.82) is 0 Å². The molecule has 2 aliphatic heterocycles. The number of benzene rings is 1. The number of aryl methyl sites for hydroxylation is 3. The topological polar surface area (TPSA) is 66.9 Å². The van der Waals surface area contributed by atoms with Crippen LogP contribution in [-0.4, -0.2) is 48.4 Å². The Hall–Kier alpha value is -2.60. The van der Waals surface area contributed by atoms with Gasteiger partial charge < -0.3 is 18.6 Å². The van der Waals surface area contributed by atoms with Gasteiger partial charge in [0.2, 0.25) is 5.91 Å². The molecule has 0 spiro atoms. The number of fused-ring (bicyclic) bond motifs is 3. The van der Waals surface area contributed by atoms with Gasteiger partial charge in [0.15, 0.2) is 0 Å². The van der Waals surface area contributed by atoms with Crippen LogP contribution in [0.2, 0.25) is 0 Å². The number of nitrogens with zero attached hydrogens (tertiary/aromatic N) is 2. The second-order valence-corrected chi connectivity index (χ2v) is 10.1. The molecule has 6 heteroatoms. The minimum atomic E-state index is -0.427. The Morgan fingerprint density at radius 3 is 2.67 bits per heavy atom. The number of carbonyl (C=O) groups is 1. The van der Waals surface area contributed by atoms with Crippen LogP contribution in [0.5, 0.6) is 0 Å². The third kappa shape index (κ3) is 3.88. The van der Waals surface area contributed by atoms with Gasteiger partial charge in [-0.15, -0.1) is 0 Å². The number of rotatable bonds is 4. The van der Waals surface area contributed by atoms with E-state index in [0.29, 0.717) is 23.1 Å². The molecule has 2 saturated heterocycles. The fraction of sp³-hybridized carbons (Fsp3) is 0.556. The Morgan fingerprint density at radius 1 is 1.06 bits per heavy atom. The zero-order chi connectivity index (χ0) is 23.3. The number of likely N-dealkylation sites (N-methyl/N-ethyl adjacent to an activating group) is 1. The molecule has 2 atom stereocenters. The number of furan rings is 1. The van der Waals surface area contributed by atoms with Crippen molar-refractivity contribution < 1.29 is 13.6 Å². The summed E-state index contributed by atoms with van der Waals surface area (Å²) in [5.74, 6) is 0.497. The fourth-order valence-electron chi connectivity index (χ4n) is 6.05. The first kappa shape index (κ1) is 22.2. The van der Waals surface area contributed by atoms with E-state index in [-0.39, 0.29) is 12.3 Å². The molecule has 2 fully saturated rings. The molecule has 1 aromatic carbocycles. The van der Waals surface area contributed by atoms with Crippen LogP contribution in [0, 0.1) is 26.7 Å². The highest BCUT2D eigenvalue weighted by atomic mass is 16.4. The van der Waals surface area contributed by atoms with Crippen molar-refractivity contribution in [3.05, 3.63) is 45.0 Å². The number of hydrogen-bond donors (Lipinski definition) is 0. The Balaban J connectivity index is 1.40. The predicted molar refractivity (Wildman–Crippen MR) is 130 cm³/mol. The van der Waals surface area contributed by atoms with Crippen LogP contribution in [-0.2, 0) is 11.2 Å². The summed E-state index contributed by atoms with van der Waals surface area (Å²) in [6.07, 6.45) is 7.99. The van der Waals surface area contributed by atoms with Gasteiger partial charge >= 0.3 is 5.63 Å². The quantitative estimate of drug-likeness (QED) is 0.538. The molecular formula is C27H34N2O4. The van der Waals surface area contributed by atoms with Crippen LogP contribution < -0.4 is 5.63 Å². The molecule has 0 saturated carbocycles. The lowest BCUT2D eigenvalue weighted by Gasteiger charge is -2.45. The van der Waals surface area contributed by atoms with E-state index in [9.17, 15) is 9.59 Å². The first-order chi connectivity index (χ1) is 15.8. The van der Waals surface area contributed by atoms with Crippen LogP contribution in [0.4, 0.5) is 0 Å². The number of carbonyl (C=O) groups excluding carboxylic acids is 1. The number of amides is 1. The van der Waals surface area contributed by atoms with E-state index in [1.807, 2.05) is 38.8 Å². The Morgan fingerprint density at radius 2 is 1.85 bits per heavy atom. The van der Waals surface area contributed by atoms with E-state index in [2.05, 4.69) is 4.90 Å². The van der Waals surface area contributed by atoms with Crippen LogP contribution in [0.1, 0.15) is 54.4 Å². The number of hydrogen-bond acceptors (Lipinski definition) is 5. The van der Waals surface area contributed by atoms with Gasteiger partial charge in [0.25, 0.3) is 0 Å². The monoisotopic (exact) mass is 450 g/mol. The van der Waals surface area contributed by atoms with Crippen LogP contribution in [0.15, 0.2) is 26.0 Å². The zero-order valence-corrected chi connectivity index (χ0v) is 20.2. The minimum Gasteiger partial charge on any atom is -0.464 e. The standard InChI is InChI=1S/C27H34N2O4/c1-16-15-32-25-18(3)26-21(12-20(16)25)17(2)22(27(31)33-26)13-24(30)28(4)14-19-8-7-11-29-10-6-5-9-23(19)29/h12,15,19,23H,5-11,13-14H2,1-4H3. The molecule has 1 amide bonds. The largest absolute Gasteiger partial charge is 0.464 e. The summed E-state index contributed by atoms with van der Waals surface area (Å²) < 4.78 is 11.4. The van der Waals surface area contributed by atoms with Crippen LogP contribution >= 0.6 is 0 Å². The van der Waals surface area contributed by atoms with Gasteiger partial charge in [-0.05, 0) is 82.7 Å². The molecule has 0 aliphatic carbocycles. The van der Waals surface area contributed by atoms with Crippen molar-refractivity contribution in [2.75, 3.05) is 26.7 Å². The van der Waals surface area contributed by atoms with Crippen molar-refractivity contribution in [1.82, 2.24) is 9.80 Å². The van der Waals surface area contributed by atoms with E-state index >= 15 is 0 Å². The summed E-state index contributed by atoms with van der Waals surface area (Å²) in [4.78, 5) is 30.6. The van der Waals surface area contributed by atoms with Gasteiger partial charge in [-0.2, -0.15) is 0 Å². The van der Waals surface area contributed by atoms with E-state index < -0.39 is 5.63 Å². The second-order valence-electron chi connectivity index (χ2n) is 10.1. The van der Waals surface area contributed by atoms with Gasteiger partial charge in [-0.1, -0.05) is 6.42 Å². The van der Waals surface area contributed by atoms with Gasteiger partial charge in [-0.25, -0.2) is 4.79 Å². The molecule has 6 nitrogen and oxygen atoms in total. The SMILES string of the molecule is Cc1coc2c(C)c3oc(=O)c(CC(=O)N(C)CC4CCCN5CCCCC45)c(C)c3cc12. The molecule has 0 N–H and O–H groups in total. The highest BCUT2D eigenvalue weighted by Crippen LogP contribution is 2.33. The van der Waals surface area contributed by atoms with Crippen molar-refractivity contribution in [2.45, 2.75) is 65.3 Å². The predicted octanol–water partition coefficient (Wildman–Crippen LogP) is 4.73. The molecule has 3 aromatic rings. The van der Waals surface area contributed by atoms with Gasteiger partial charge in [0, 0.05) is 36.0 Å². The molecular weight excluding hydrogens is 416 g/mol. The lowest BCUT2D eigenvalue weighted by atomic mass is 9.83. The lowest BCUT2D eigenvalue weighted by Crippen LogP contribution is -2.51. The van der Waals surface area contributed by atoms with Gasteiger partial charge in [0.05, 0.1) is 18.2 Å². The Kier molecular flexibility index (Phi) is 5.81. The van der Waals surface area contributed by atoms with Crippen molar-refractivity contribution in [2.24, 2.45) is 5.92 Å². The first-order valence-electron chi connectivity index (χ1n) is 12.3. The summed E-state index contributed by atoms with van der Waals surface area (Å²) in [5.41, 5.74) is 4.01. The Labute approximate surface area is 194 Å². The molecule has 4 heterocycles. The Bertz CT molecular complexity index is 1270. The minimum absolute atomic E-state index is 0.0185. The summed E-state index contributed by atoms with van der Waals surface area (Å²) in [6.45, 7) is 8.98. The summed E-state index contributed by atoms with van der Waals surface area (Å²) >= 11 is 0.